The van der Waals surface area contributed by atoms with Gasteiger partial charge in [-0.1, -0.05) is 6.92 Å². The zero-order valence-corrected chi connectivity index (χ0v) is 12.7. The lowest BCUT2D eigenvalue weighted by atomic mass is 10.1. The van der Waals surface area contributed by atoms with Gasteiger partial charge in [0.25, 0.3) is 0 Å². The zero-order chi connectivity index (χ0) is 15.2. The first-order valence-electron chi connectivity index (χ1n) is 6.75. The Hall–Kier alpha value is -1.75. The van der Waals surface area contributed by atoms with Gasteiger partial charge in [-0.05, 0) is 32.4 Å². The number of hydrogen-bond donors (Lipinski definition) is 2. The van der Waals surface area contributed by atoms with Crippen LogP contribution in [0.25, 0.3) is 0 Å². The fraction of sp³-hybridized carbons (Fsp3) is 0.533. The van der Waals surface area contributed by atoms with E-state index >= 15 is 0 Å². The number of amides is 1. The number of anilines is 2. The maximum atomic E-state index is 11.9. The molecular formula is C15H24N2O3. The third kappa shape index (κ3) is 5.09. The predicted octanol–water partition coefficient (Wildman–Crippen LogP) is 2.81. The van der Waals surface area contributed by atoms with Gasteiger partial charge in [0.15, 0.2) is 0 Å². The second-order valence-corrected chi connectivity index (χ2v) is 5.22. The highest BCUT2D eigenvalue weighted by molar-refractivity contribution is 5.92. The van der Waals surface area contributed by atoms with E-state index in [9.17, 15) is 4.79 Å². The van der Waals surface area contributed by atoms with Crippen LogP contribution in [0.2, 0.25) is 0 Å². The number of carbonyl (C=O) groups excluding carboxylic acids is 1. The van der Waals surface area contributed by atoms with E-state index in [1.54, 1.807) is 18.2 Å². The maximum Gasteiger partial charge on any atom is 0.226 e. The van der Waals surface area contributed by atoms with E-state index in [2.05, 4.69) is 12.2 Å². The van der Waals surface area contributed by atoms with Crippen molar-refractivity contribution in [3.8, 4) is 5.75 Å². The first-order valence-corrected chi connectivity index (χ1v) is 6.75. The number of benzene rings is 1. The molecule has 0 unspecified atom stereocenters. The summed E-state index contributed by atoms with van der Waals surface area (Å²) < 4.78 is 10.8. The molecule has 0 aliphatic rings. The Kier molecular flexibility index (Phi) is 5.82. The van der Waals surface area contributed by atoms with Crippen molar-refractivity contribution in [1.29, 1.82) is 0 Å². The van der Waals surface area contributed by atoms with Crippen LogP contribution in [-0.4, -0.2) is 25.2 Å². The number of nitrogens with two attached hydrogens (primary N) is 1. The molecule has 1 rings (SSSR count). The maximum absolute atomic E-state index is 11.9. The van der Waals surface area contributed by atoms with E-state index in [-0.39, 0.29) is 11.5 Å². The molecule has 0 radical (unpaired) electrons. The Balaban J connectivity index is 2.51. The number of nitrogen functional groups attached to an aromatic ring is 1. The van der Waals surface area contributed by atoms with Gasteiger partial charge in [-0.3, -0.25) is 4.79 Å². The SMILES string of the molecule is CCC(C)(C)OCCC(=O)Nc1ccc(N)cc1OC. The van der Waals surface area contributed by atoms with E-state index in [4.69, 9.17) is 15.2 Å². The van der Waals surface area contributed by atoms with Gasteiger partial charge in [-0.25, -0.2) is 0 Å². The van der Waals surface area contributed by atoms with E-state index in [0.717, 1.165) is 6.42 Å². The van der Waals surface area contributed by atoms with Crippen LogP contribution in [0.5, 0.6) is 5.75 Å². The third-order valence-corrected chi connectivity index (χ3v) is 3.17. The molecule has 5 nitrogen and oxygen atoms in total. The van der Waals surface area contributed by atoms with Gasteiger partial charge in [0.2, 0.25) is 5.91 Å². The number of methoxy groups -OCH3 is 1. The zero-order valence-electron chi connectivity index (χ0n) is 12.7. The largest absolute Gasteiger partial charge is 0.494 e. The van der Waals surface area contributed by atoms with Crippen LogP contribution in [0.1, 0.15) is 33.6 Å². The first kappa shape index (κ1) is 16.3. The van der Waals surface area contributed by atoms with Gasteiger partial charge in [-0.15, -0.1) is 0 Å². The highest BCUT2D eigenvalue weighted by atomic mass is 16.5. The molecule has 0 aliphatic carbocycles. The van der Waals surface area contributed by atoms with Crippen LogP contribution in [-0.2, 0) is 9.53 Å². The van der Waals surface area contributed by atoms with Crippen LogP contribution in [0.15, 0.2) is 18.2 Å². The molecule has 0 aliphatic heterocycles. The molecular weight excluding hydrogens is 256 g/mol. The Bertz CT molecular complexity index is 458. The number of nitrogens with one attached hydrogen (secondary N) is 1. The van der Waals surface area contributed by atoms with Gasteiger partial charge in [0, 0.05) is 11.8 Å². The molecule has 5 heteroatoms. The van der Waals surface area contributed by atoms with E-state index < -0.39 is 0 Å². The van der Waals surface area contributed by atoms with Gasteiger partial charge in [0.1, 0.15) is 5.75 Å². The highest BCUT2D eigenvalue weighted by Gasteiger charge is 2.16. The Labute approximate surface area is 120 Å². The molecule has 0 heterocycles. The van der Waals surface area contributed by atoms with Crippen molar-refractivity contribution in [2.45, 2.75) is 39.2 Å². The Morgan fingerprint density at radius 2 is 2.10 bits per heavy atom. The molecule has 1 aromatic carbocycles. The minimum absolute atomic E-state index is 0.111. The van der Waals surface area contributed by atoms with E-state index in [1.807, 2.05) is 13.8 Å². The molecule has 0 atom stereocenters. The lowest BCUT2D eigenvalue weighted by molar-refractivity contribution is -0.118. The molecule has 1 amide bonds. The van der Waals surface area contributed by atoms with Crippen LogP contribution < -0.4 is 15.8 Å². The summed E-state index contributed by atoms with van der Waals surface area (Å²) in [6.07, 6.45) is 1.21. The van der Waals surface area contributed by atoms with Crippen LogP contribution in [0, 0.1) is 0 Å². The topological polar surface area (TPSA) is 73.6 Å². The molecule has 0 saturated heterocycles. The Morgan fingerprint density at radius 3 is 2.70 bits per heavy atom. The molecule has 0 fully saturated rings. The van der Waals surface area contributed by atoms with Crippen LogP contribution in [0.4, 0.5) is 11.4 Å². The number of ether oxygens (including phenoxy) is 2. The van der Waals surface area contributed by atoms with Crippen molar-refractivity contribution in [3.05, 3.63) is 18.2 Å². The fourth-order valence-electron chi connectivity index (χ4n) is 1.55. The first-order chi connectivity index (χ1) is 9.38. The summed E-state index contributed by atoms with van der Waals surface area (Å²) in [7, 11) is 1.54. The standard InChI is InChI=1S/C15H24N2O3/c1-5-15(2,3)20-9-8-14(18)17-12-7-6-11(16)10-13(12)19-4/h6-7,10H,5,8-9,16H2,1-4H3,(H,17,18). The van der Waals surface area contributed by atoms with Crippen molar-refractivity contribution in [3.63, 3.8) is 0 Å². The predicted molar refractivity (Wildman–Crippen MR) is 81.0 cm³/mol. The summed E-state index contributed by atoms with van der Waals surface area (Å²) in [4.78, 5) is 11.9. The molecule has 0 saturated carbocycles. The Morgan fingerprint density at radius 1 is 1.40 bits per heavy atom. The number of carbonyl (C=O) groups is 1. The lowest BCUT2D eigenvalue weighted by Crippen LogP contribution is -2.25. The normalized spacial score (nSPS) is 11.2. The summed E-state index contributed by atoms with van der Waals surface area (Å²) in [6.45, 7) is 6.46. The molecule has 0 bridgehead atoms. The molecule has 1 aromatic rings. The second kappa shape index (κ2) is 7.14. The average Bonchev–Trinajstić information content (AvgIpc) is 2.40. The molecule has 0 aromatic heterocycles. The van der Waals surface area contributed by atoms with Gasteiger partial charge < -0.3 is 20.5 Å². The monoisotopic (exact) mass is 280 g/mol. The van der Waals surface area contributed by atoms with Crippen molar-refractivity contribution in [1.82, 2.24) is 0 Å². The molecule has 112 valence electrons. The summed E-state index contributed by atoms with van der Waals surface area (Å²) in [5.74, 6) is 0.438. The minimum Gasteiger partial charge on any atom is -0.494 e. The minimum atomic E-state index is -0.195. The third-order valence-electron chi connectivity index (χ3n) is 3.17. The summed E-state index contributed by atoms with van der Waals surface area (Å²) in [5.41, 5.74) is 6.67. The fourth-order valence-corrected chi connectivity index (χ4v) is 1.55. The van der Waals surface area contributed by atoms with Crippen molar-refractivity contribution in [2.75, 3.05) is 24.8 Å². The second-order valence-electron chi connectivity index (χ2n) is 5.22. The van der Waals surface area contributed by atoms with Crippen molar-refractivity contribution >= 4 is 17.3 Å². The van der Waals surface area contributed by atoms with Crippen molar-refractivity contribution in [2.24, 2.45) is 0 Å². The van der Waals surface area contributed by atoms with Crippen LogP contribution in [0.3, 0.4) is 0 Å². The van der Waals surface area contributed by atoms with Crippen LogP contribution >= 0.6 is 0 Å². The summed E-state index contributed by atoms with van der Waals surface area (Å²) in [6, 6.07) is 5.12. The summed E-state index contributed by atoms with van der Waals surface area (Å²) in [5, 5.41) is 2.79. The van der Waals surface area contributed by atoms with E-state index in [0.29, 0.717) is 30.2 Å². The smallest absolute Gasteiger partial charge is 0.226 e. The number of rotatable bonds is 7. The molecule has 20 heavy (non-hydrogen) atoms. The number of hydrogen-bond acceptors (Lipinski definition) is 4. The van der Waals surface area contributed by atoms with Gasteiger partial charge in [-0.2, -0.15) is 0 Å². The molecule has 3 N–H and O–H groups in total. The van der Waals surface area contributed by atoms with E-state index in [1.165, 1.54) is 7.11 Å². The average molecular weight is 280 g/mol. The molecule has 0 spiro atoms. The lowest BCUT2D eigenvalue weighted by Gasteiger charge is -2.23. The summed E-state index contributed by atoms with van der Waals surface area (Å²) >= 11 is 0. The van der Waals surface area contributed by atoms with Crippen molar-refractivity contribution < 1.29 is 14.3 Å². The highest BCUT2D eigenvalue weighted by Crippen LogP contribution is 2.26. The van der Waals surface area contributed by atoms with Gasteiger partial charge >= 0.3 is 0 Å². The quantitative estimate of drug-likeness (QED) is 0.753. The van der Waals surface area contributed by atoms with Gasteiger partial charge in [0.05, 0.1) is 31.4 Å².